The number of carbonyl (C=O) groups is 1. The number of nitrogens with zero attached hydrogens (tertiary/aromatic N) is 5. The van der Waals surface area contributed by atoms with Crippen LogP contribution in [0.1, 0.15) is 24.6 Å². The standard InChI is InChI=1S/C39H43N5O6Si/c1-26-36(51(4,5)31-16-14-30(48-2)15-17-31)34(19-22-42-25-27(20-23-45)40-41-42)50-39(26)32-24-29(43-21-9-12-35(49-3)37(43)46)13-18-33(32)44(38(39)47)28-10-7-6-8-11-28/h6-18,21,24-26,34,36,45H,19-20,22-23H2,1-5H3/t26-,34+,36-,39+/m0/s1. The minimum absolute atomic E-state index is 0.00190. The Kier molecular flexibility index (Phi) is 9.17. The van der Waals surface area contributed by atoms with E-state index in [4.69, 9.17) is 14.2 Å². The van der Waals surface area contributed by atoms with E-state index in [0.717, 1.165) is 28.4 Å². The van der Waals surface area contributed by atoms with Crippen LogP contribution < -0.4 is 25.1 Å². The summed E-state index contributed by atoms with van der Waals surface area (Å²) in [7, 11) is 0.740. The van der Waals surface area contributed by atoms with Crippen molar-refractivity contribution >= 4 is 30.5 Å². The van der Waals surface area contributed by atoms with Crippen LogP contribution in [0.15, 0.2) is 102 Å². The molecule has 1 fully saturated rings. The number of hydrogen-bond donors (Lipinski definition) is 1. The summed E-state index contributed by atoms with van der Waals surface area (Å²) in [6.07, 6.45) is 4.27. The molecule has 1 amide bonds. The zero-order valence-electron chi connectivity index (χ0n) is 29.5. The second kappa shape index (κ2) is 13.6. The van der Waals surface area contributed by atoms with Crippen LogP contribution in [0, 0.1) is 5.92 Å². The Balaban J connectivity index is 1.38. The number of fused-ring (bicyclic) bond motifs is 2. The highest BCUT2D eigenvalue weighted by Gasteiger charge is 2.66. The SMILES string of the molecule is COc1ccc([Si](C)(C)[C@@H]2[C@@H](CCn3cc(CCO)nn3)O[C@]3(C(=O)N(c4ccccc4)c4ccc(-n5cccc(OC)c5=O)cc43)[C@H]2C)cc1. The van der Waals surface area contributed by atoms with Crippen LogP contribution in [0.25, 0.3) is 5.69 Å². The lowest BCUT2D eigenvalue weighted by atomic mass is 9.82. The highest BCUT2D eigenvalue weighted by molar-refractivity contribution is 6.91. The van der Waals surface area contributed by atoms with Crippen LogP contribution in [0.5, 0.6) is 11.5 Å². The molecule has 1 saturated heterocycles. The average Bonchev–Trinajstić information content (AvgIpc) is 3.80. The van der Waals surface area contributed by atoms with Crippen LogP contribution >= 0.6 is 0 Å². The molecule has 264 valence electrons. The number of amides is 1. The summed E-state index contributed by atoms with van der Waals surface area (Å²) >= 11 is 0. The average molecular weight is 706 g/mol. The van der Waals surface area contributed by atoms with Crippen molar-refractivity contribution in [1.82, 2.24) is 19.6 Å². The molecular weight excluding hydrogens is 663 g/mol. The highest BCUT2D eigenvalue weighted by Crippen LogP contribution is 2.61. The van der Waals surface area contributed by atoms with Crippen molar-refractivity contribution in [3.05, 3.63) is 119 Å². The summed E-state index contributed by atoms with van der Waals surface area (Å²) in [4.78, 5) is 30.5. The zero-order valence-corrected chi connectivity index (χ0v) is 30.5. The molecule has 51 heavy (non-hydrogen) atoms. The lowest BCUT2D eigenvalue weighted by Gasteiger charge is -2.37. The van der Waals surface area contributed by atoms with E-state index in [2.05, 4.69) is 42.5 Å². The molecule has 5 aromatic rings. The molecule has 0 radical (unpaired) electrons. The van der Waals surface area contributed by atoms with E-state index in [1.807, 2.05) is 66.9 Å². The number of aryl methyl sites for hydroxylation is 1. The number of aliphatic hydroxyl groups is 1. The Labute approximate surface area is 298 Å². The maximum absolute atomic E-state index is 15.3. The van der Waals surface area contributed by atoms with Gasteiger partial charge in [0.25, 0.3) is 11.5 Å². The maximum Gasteiger partial charge on any atom is 0.297 e. The van der Waals surface area contributed by atoms with E-state index in [1.165, 1.54) is 12.3 Å². The van der Waals surface area contributed by atoms with Gasteiger partial charge in [0.05, 0.1) is 39.8 Å². The van der Waals surface area contributed by atoms with Gasteiger partial charge in [-0.1, -0.05) is 60.7 Å². The van der Waals surface area contributed by atoms with Crippen molar-refractivity contribution in [2.24, 2.45) is 5.92 Å². The van der Waals surface area contributed by atoms with Gasteiger partial charge in [-0.25, -0.2) is 0 Å². The molecule has 2 aliphatic heterocycles. The first-order valence-electron chi connectivity index (χ1n) is 17.3. The number of hydrogen-bond acceptors (Lipinski definition) is 8. The molecule has 7 rings (SSSR count). The molecule has 4 atom stereocenters. The molecule has 2 aromatic heterocycles. The van der Waals surface area contributed by atoms with Crippen molar-refractivity contribution in [2.75, 3.05) is 25.7 Å². The Morgan fingerprint density at radius 1 is 0.941 bits per heavy atom. The van der Waals surface area contributed by atoms with Crippen molar-refractivity contribution in [3.63, 3.8) is 0 Å². The van der Waals surface area contributed by atoms with Crippen LogP contribution in [0.3, 0.4) is 0 Å². The molecule has 0 aliphatic carbocycles. The largest absolute Gasteiger partial charge is 0.497 e. The van der Waals surface area contributed by atoms with Gasteiger partial charge in [-0.15, -0.1) is 5.10 Å². The van der Waals surface area contributed by atoms with E-state index in [0.29, 0.717) is 25.1 Å². The van der Waals surface area contributed by atoms with Gasteiger partial charge in [-0.3, -0.25) is 23.7 Å². The number of ether oxygens (including phenoxy) is 3. The quantitative estimate of drug-likeness (QED) is 0.192. The first-order valence-corrected chi connectivity index (χ1v) is 20.3. The van der Waals surface area contributed by atoms with Gasteiger partial charge in [0.15, 0.2) is 11.4 Å². The molecule has 1 spiro atoms. The van der Waals surface area contributed by atoms with Crippen LogP contribution in [-0.4, -0.2) is 65.6 Å². The van der Waals surface area contributed by atoms with Gasteiger partial charge in [-0.05, 0) is 66.6 Å². The molecule has 2 aliphatic rings. The zero-order chi connectivity index (χ0) is 35.9. The minimum Gasteiger partial charge on any atom is -0.497 e. The van der Waals surface area contributed by atoms with Gasteiger partial charge < -0.3 is 19.3 Å². The third kappa shape index (κ3) is 5.77. The van der Waals surface area contributed by atoms with Gasteiger partial charge in [-0.2, -0.15) is 0 Å². The predicted octanol–water partition coefficient (Wildman–Crippen LogP) is 4.97. The third-order valence-corrected chi connectivity index (χ3v) is 15.1. The fourth-order valence-corrected chi connectivity index (χ4v) is 12.3. The highest BCUT2D eigenvalue weighted by atomic mass is 28.3. The molecule has 0 saturated carbocycles. The molecule has 3 aromatic carbocycles. The number of pyridine rings is 1. The van der Waals surface area contributed by atoms with Crippen molar-refractivity contribution in [2.45, 2.75) is 56.7 Å². The minimum atomic E-state index is -2.40. The number of para-hydroxylation sites is 1. The number of methoxy groups -OCH3 is 2. The molecule has 0 unspecified atom stereocenters. The van der Waals surface area contributed by atoms with E-state index in [9.17, 15) is 9.90 Å². The fourth-order valence-electron chi connectivity index (χ4n) is 8.25. The number of benzene rings is 3. The fraction of sp³-hybridized carbons (Fsp3) is 0.333. The van der Waals surface area contributed by atoms with Crippen molar-refractivity contribution in [3.8, 4) is 17.2 Å². The van der Waals surface area contributed by atoms with Crippen LogP contribution in [-0.2, 0) is 28.1 Å². The maximum atomic E-state index is 15.3. The van der Waals surface area contributed by atoms with E-state index >= 15 is 4.79 Å². The van der Waals surface area contributed by atoms with E-state index in [1.54, 1.807) is 39.6 Å². The van der Waals surface area contributed by atoms with Crippen molar-refractivity contribution < 1.29 is 24.1 Å². The number of carbonyl (C=O) groups excluding carboxylic acids is 1. The van der Waals surface area contributed by atoms with Gasteiger partial charge in [0, 0.05) is 54.8 Å². The summed E-state index contributed by atoms with van der Waals surface area (Å²) < 4.78 is 21.5. The van der Waals surface area contributed by atoms with Gasteiger partial charge in [0.2, 0.25) is 0 Å². The van der Waals surface area contributed by atoms with Crippen molar-refractivity contribution in [1.29, 1.82) is 0 Å². The van der Waals surface area contributed by atoms with E-state index < -0.39 is 13.7 Å². The molecule has 11 nitrogen and oxygen atoms in total. The summed E-state index contributed by atoms with van der Waals surface area (Å²) in [5.74, 6) is 0.618. The van der Waals surface area contributed by atoms with Gasteiger partial charge >= 0.3 is 0 Å². The molecule has 12 heteroatoms. The normalized spacial score (nSPS) is 21.3. The first kappa shape index (κ1) is 34.4. The first-order chi connectivity index (χ1) is 24.6. The summed E-state index contributed by atoms with van der Waals surface area (Å²) in [6, 6.07) is 27.0. The summed E-state index contributed by atoms with van der Waals surface area (Å²) in [5.41, 5.74) is 1.91. The van der Waals surface area contributed by atoms with E-state index in [-0.39, 0.29) is 41.4 Å². The number of anilines is 2. The Bertz CT molecular complexity index is 2100. The Hall–Kier alpha value is -5.04. The monoisotopic (exact) mass is 705 g/mol. The molecule has 4 heterocycles. The smallest absolute Gasteiger partial charge is 0.297 e. The Morgan fingerprint density at radius 3 is 2.41 bits per heavy atom. The summed E-state index contributed by atoms with van der Waals surface area (Å²) in [5, 5.41) is 19.2. The summed E-state index contributed by atoms with van der Waals surface area (Å²) in [6.45, 7) is 7.37. The number of aromatic nitrogens is 4. The second-order valence-electron chi connectivity index (χ2n) is 13.8. The number of aliphatic hydroxyl groups excluding tert-OH is 1. The third-order valence-electron chi connectivity index (χ3n) is 10.7. The second-order valence-corrected chi connectivity index (χ2v) is 18.5. The lowest BCUT2D eigenvalue weighted by Crippen LogP contribution is -2.51. The predicted molar refractivity (Wildman–Crippen MR) is 197 cm³/mol. The molecular formula is C39H43N5O6Si. The molecule has 1 N–H and O–H groups in total. The van der Waals surface area contributed by atoms with Crippen LogP contribution in [0.2, 0.25) is 18.6 Å². The van der Waals surface area contributed by atoms with Crippen LogP contribution in [0.4, 0.5) is 11.4 Å². The number of rotatable bonds is 11. The lowest BCUT2D eigenvalue weighted by molar-refractivity contribution is -0.145. The molecule has 0 bridgehead atoms. The topological polar surface area (TPSA) is 121 Å². The van der Waals surface area contributed by atoms with Gasteiger partial charge in [0.1, 0.15) is 5.75 Å². The Morgan fingerprint density at radius 2 is 1.71 bits per heavy atom.